The average Bonchev–Trinajstić information content (AvgIpc) is 2.67. The number of ketones is 1. The lowest BCUT2D eigenvalue weighted by Crippen LogP contribution is -2.13. The second-order valence-electron chi connectivity index (χ2n) is 7.80. The van der Waals surface area contributed by atoms with Crippen LogP contribution in [-0.4, -0.2) is 14.2 Å². The van der Waals surface area contributed by atoms with Gasteiger partial charge in [-0.15, -0.1) is 0 Å². The van der Waals surface area contributed by atoms with Crippen LogP contribution in [0.5, 0.6) is 0 Å². The lowest BCUT2D eigenvalue weighted by molar-refractivity contribution is 0.103. The highest BCUT2D eigenvalue weighted by molar-refractivity contribution is 7.92. The topological polar surface area (TPSA) is 63.2 Å². The standard InChI is InChI=1S/C23H22ClNO3S/c1-23(2,3)18-9-7-16(8-10-18)22(26)17-5-4-6-20(15-17)25-29(27,28)21-13-11-19(24)12-14-21/h4-15,25H,1-3H3. The molecule has 0 bridgehead atoms. The van der Waals surface area contributed by atoms with Crippen molar-refractivity contribution in [3.8, 4) is 0 Å². The summed E-state index contributed by atoms with van der Waals surface area (Å²) in [7, 11) is -3.78. The summed E-state index contributed by atoms with van der Waals surface area (Å²) in [6, 6.07) is 19.8. The molecule has 4 nitrogen and oxygen atoms in total. The van der Waals surface area contributed by atoms with Crippen molar-refractivity contribution >= 4 is 33.1 Å². The fourth-order valence-corrected chi connectivity index (χ4v) is 4.02. The molecule has 3 aromatic carbocycles. The molecule has 0 atom stereocenters. The number of halogens is 1. The largest absolute Gasteiger partial charge is 0.289 e. The molecule has 0 spiro atoms. The second-order valence-corrected chi connectivity index (χ2v) is 9.92. The quantitative estimate of drug-likeness (QED) is 0.533. The monoisotopic (exact) mass is 427 g/mol. The molecule has 6 heteroatoms. The zero-order chi connectivity index (χ0) is 21.2. The predicted molar refractivity (Wildman–Crippen MR) is 117 cm³/mol. The van der Waals surface area contributed by atoms with Crippen LogP contribution in [0.25, 0.3) is 0 Å². The van der Waals surface area contributed by atoms with E-state index in [9.17, 15) is 13.2 Å². The van der Waals surface area contributed by atoms with Crippen molar-refractivity contribution in [1.29, 1.82) is 0 Å². The first-order chi connectivity index (χ1) is 13.6. The maximum atomic E-state index is 12.8. The Balaban J connectivity index is 1.83. The first kappa shape index (κ1) is 21.1. The van der Waals surface area contributed by atoms with E-state index in [-0.39, 0.29) is 16.1 Å². The summed E-state index contributed by atoms with van der Waals surface area (Å²) < 4.78 is 27.6. The molecule has 0 saturated carbocycles. The Bertz CT molecular complexity index is 1130. The van der Waals surface area contributed by atoms with Crippen molar-refractivity contribution in [2.75, 3.05) is 4.72 Å². The number of rotatable bonds is 5. The molecule has 0 heterocycles. The fraction of sp³-hybridized carbons (Fsp3) is 0.174. The van der Waals surface area contributed by atoms with Gasteiger partial charge in [0.15, 0.2) is 5.78 Å². The highest BCUT2D eigenvalue weighted by Gasteiger charge is 2.17. The molecule has 150 valence electrons. The van der Waals surface area contributed by atoms with E-state index in [1.807, 2.05) is 12.1 Å². The van der Waals surface area contributed by atoms with Gasteiger partial charge in [-0.2, -0.15) is 0 Å². The number of anilines is 1. The summed E-state index contributed by atoms with van der Waals surface area (Å²) in [5, 5.41) is 0.453. The Morgan fingerprint density at radius 1 is 0.862 bits per heavy atom. The van der Waals surface area contributed by atoms with Gasteiger partial charge in [0.2, 0.25) is 0 Å². The maximum absolute atomic E-state index is 12.8. The number of carbonyl (C=O) groups is 1. The summed E-state index contributed by atoms with van der Waals surface area (Å²) in [4.78, 5) is 12.9. The van der Waals surface area contributed by atoms with E-state index in [1.54, 1.807) is 30.3 Å². The van der Waals surface area contributed by atoms with Crippen molar-refractivity contribution < 1.29 is 13.2 Å². The van der Waals surface area contributed by atoms with Gasteiger partial charge >= 0.3 is 0 Å². The van der Waals surface area contributed by atoms with Crippen LogP contribution in [0.2, 0.25) is 5.02 Å². The minimum atomic E-state index is -3.78. The van der Waals surface area contributed by atoms with Gasteiger partial charge in [0.1, 0.15) is 0 Å². The van der Waals surface area contributed by atoms with Crippen LogP contribution in [0.15, 0.2) is 77.7 Å². The fourth-order valence-electron chi connectivity index (χ4n) is 2.84. The lowest BCUT2D eigenvalue weighted by Gasteiger charge is -2.19. The van der Waals surface area contributed by atoms with E-state index in [0.29, 0.717) is 21.8 Å². The van der Waals surface area contributed by atoms with Crippen molar-refractivity contribution in [3.63, 3.8) is 0 Å². The van der Waals surface area contributed by atoms with Crippen LogP contribution in [0.4, 0.5) is 5.69 Å². The number of nitrogens with one attached hydrogen (secondary N) is 1. The molecular weight excluding hydrogens is 406 g/mol. The maximum Gasteiger partial charge on any atom is 0.261 e. The SMILES string of the molecule is CC(C)(C)c1ccc(C(=O)c2cccc(NS(=O)(=O)c3ccc(Cl)cc3)c2)cc1. The molecule has 0 fully saturated rings. The van der Waals surface area contributed by atoms with E-state index in [0.717, 1.165) is 5.56 Å². The van der Waals surface area contributed by atoms with Gasteiger partial charge in [0.05, 0.1) is 4.90 Å². The van der Waals surface area contributed by atoms with E-state index < -0.39 is 10.0 Å². The smallest absolute Gasteiger partial charge is 0.261 e. The van der Waals surface area contributed by atoms with Crippen molar-refractivity contribution in [3.05, 3.63) is 94.5 Å². The molecule has 0 aliphatic heterocycles. The second kappa shape index (κ2) is 8.01. The molecule has 0 aliphatic rings. The molecule has 0 radical (unpaired) electrons. The summed E-state index contributed by atoms with van der Waals surface area (Å²) in [6.07, 6.45) is 0. The summed E-state index contributed by atoms with van der Waals surface area (Å²) in [5.74, 6) is -0.169. The van der Waals surface area contributed by atoms with Crippen molar-refractivity contribution in [2.45, 2.75) is 31.1 Å². The summed E-state index contributed by atoms with van der Waals surface area (Å²) in [5.41, 5.74) is 2.41. The zero-order valence-corrected chi connectivity index (χ0v) is 18.0. The van der Waals surface area contributed by atoms with Gasteiger partial charge in [-0.3, -0.25) is 9.52 Å². The third-order valence-corrected chi connectivity index (χ3v) is 6.16. The van der Waals surface area contributed by atoms with E-state index in [2.05, 4.69) is 25.5 Å². The van der Waals surface area contributed by atoms with E-state index in [1.165, 1.54) is 30.3 Å². The van der Waals surface area contributed by atoms with Gasteiger partial charge in [0, 0.05) is 21.8 Å². The predicted octanol–water partition coefficient (Wildman–Crippen LogP) is 5.67. The van der Waals surface area contributed by atoms with Gasteiger partial charge in [0.25, 0.3) is 10.0 Å². The lowest BCUT2D eigenvalue weighted by atomic mass is 9.86. The Morgan fingerprint density at radius 3 is 2.07 bits per heavy atom. The van der Waals surface area contributed by atoms with Gasteiger partial charge in [-0.05, 0) is 47.4 Å². The van der Waals surface area contributed by atoms with Gasteiger partial charge in [-0.25, -0.2) is 8.42 Å². The third-order valence-electron chi connectivity index (χ3n) is 4.51. The van der Waals surface area contributed by atoms with Crippen LogP contribution in [-0.2, 0) is 15.4 Å². The Hall–Kier alpha value is -2.63. The number of hydrogen-bond donors (Lipinski definition) is 1. The van der Waals surface area contributed by atoms with E-state index >= 15 is 0 Å². The molecule has 3 rings (SSSR count). The number of benzene rings is 3. The summed E-state index contributed by atoms with van der Waals surface area (Å²) in [6.45, 7) is 6.33. The molecule has 0 aromatic heterocycles. The number of carbonyl (C=O) groups excluding carboxylic acids is 1. The van der Waals surface area contributed by atoms with Crippen LogP contribution in [0.3, 0.4) is 0 Å². The van der Waals surface area contributed by atoms with Crippen molar-refractivity contribution in [1.82, 2.24) is 0 Å². The molecule has 0 saturated heterocycles. The highest BCUT2D eigenvalue weighted by atomic mass is 35.5. The molecule has 0 amide bonds. The Labute approximate surface area is 176 Å². The minimum Gasteiger partial charge on any atom is -0.289 e. The van der Waals surface area contributed by atoms with Gasteiger partial charge < -0.3 is 0 Å². The number of hydrogen-bond acceptors (Lipinski definition) is 3. The molecule has 0 aliphatic carbocycles. The van der Waals surface area contributed by atoms with Crippen LogP contribution in [0, 0.1) is 0 Å². The molecule has 3 aromatic rings. The third kappa shape index (κ3) is 5.05. The first-order valence-corrected chi connectivity index (χ1v) is 11.0. The summed E-state index contributed by atoms with van der Waals surface area (Å²) >= 11 is 5.82. The Kier molecular flexibility index (Phi) is 5.82. The normalized spacial score (nSPS) is 11.9. The van der Waals surface area contributed by atoms with Crippen LogP contribution in [0.1, 0.15) is 42.3 Å². The molecule has 29 heavy (non-hydrogen) atoms. The highest BCUT2D eigenvalue weighted by Crippen LogP contribution is 2.24. The average molecular weight is 428 g/mol. The van der Waals surface area contributed by atoms with Crippen molar-refractivity contribution in [2.24, 2.45) is 0 Å². The molecule has 1 N–H and O–H groups in total. The first-order valence-electron chi connectivity index (χ1n) is 9.10. The minimum absolute atomic E-state index is 0.00143. The molecule has 0 unspecified atom stereocenters. The Morgan fingerprint density at radius 2 is 1.48 bits per heavy atom. The van der Waals surface area contributed by atoms with Crippen LogP contribution < -0.4 is 4.72 Å². The number of sulfonamides is 1. The van der Waals surface area contributed by atoms with Crippen LogP contribution >= 0.6 is 11.6 Å². The molecular formula is C23H22ClNO3S. The zero-order valence-electron chi connectivity index (χ0n) is 16.4. The van der Waals surface area contributed by atoms with E-state index in [4.69, 9.17) is 11.6 Å². The van der Waals surface area contributed by atoms with Gasteiger partial charge in [-0.1, -0.05) is 68.8 Å².